The first-order valence-corrected chi connectivity index (χ1v) is 13.1. The Morgan fingerprint density at radius 2 is 1.78 bits per heavy atom. The molecule has 5 rings (SSSR count). The normalized spacial score (nSPS) is 18.4. The maximum absolute atomic E-state index is 11.9. The number of ether oxygens (including phenoxy) is 2. The number of likely N-dealkylation sites (N-methyl/N-ethyl adjacent to an activating group) is 1. The summed E-state index contributed by atoms with van der Waals surface area (Å²) in [6.07, 6.45) is 6.62. The molecule has 2 aliphatic rings. The van der Waals surface area contributed by atoms with Crippen LogP contribution in [0.2, 0.25) is 0 Å². The van der Waals surface area contributed by atoms with Crippen LogP contribution in [0, 0.1) is 5.92 Å². The van der Waals surface area contributed by atoms with Crippen molar-refractivity contribution in [1.29, 1.82) is 0 Å². The quantitative estimate of drug-likeness (QED) is 0.414. The highest BCUT2D eigenvalue weighted by atomic mass is 16.5. The van der Waals surface area contributed by atoms with E-state index in [-0.39, 0.29) is 11.5 Å². The van der Waals surface area contributed by atoms with Crippen molar-refractivity contribution in [3.8, 4) is 11.5 Å². The molecule has 1 aliphatic heterocycles. The minimum atomic E-state index is -0.0792. The molecule has 0 spiro atoms. The number of aldehydes is 1. The second kappa shape index (κ2) is 10.5. The molecule has 2 fully saturated rings. The molecule has 196 valence electrons. The fraction of sp³-hybridized carbons (Fsp3) is 0.483. The third-order valence-electron chi connectivity index (χ3n) is 8.14. The number of aromatic nitrogens is 2. The van der Waals surface area contributed by atoms with Gasteiger partial charge in [0.2, 0.25) is 5.95 Å². The monoisotopic (exact) mass is 503 g/mol. The lowest BCUT2D eigenvalue weighted by molar-refractivity contribution is -0.113. The zero-order valence-electron chi connectivity index (χ0n) is 22.0. The molecular weight excluding hydrogens is 466 g/mol. The Bertz CT molecular complexity index is 1240. The molecule has 2 N–H and O–H groups in total. The number of nitrogens with two attached hydrogens (primary N) is 1. The molecule has 1 atom stereocenters. The smallest absolute Gasteiger partial charge is 0.227 e. The highest BCUT2D eigenvalue weighted by Crippen LogP contribution is 2.40. The molecule has 8 heteroatoms. The zero-order valence-corrected chi connectivity index (χ0v) is 22.0. The SMILES string of the molecule is COc1cc2nc(N(C)CC3(c4ccccc4)CCN(C(C=O)CC4CC4)CC3)nc(N)c2cc1OC. The highest BCUT2D eigenvalue weighted by Gasteiger charge is 2.40. The first-order valence-electron chi connectivity index (χ1n) is 13.1. The number of piperidine rings is 1. The first kappa shape index (κ1) is 25.3. The molecule has 37 heavy (non-hydrogen) atoms. The van der Waals surface area contributed by atoms with Gasteiger partial charge in [-0.2, -0.15) is 4.98 Å². The summed E-state index contributed by atoms with van der Waals surface area (Å²) in [5, 5.41) is 0.733. The second-order valence-corrected chi connectivity index (χ2v) is 10.6. The number of fused-ring (bicyclic) bond motifs is 1. The second-order valence-electron chi connectivity index (χ2n) is 10.6. The summed E-state index contributed by atoms with van der Waals surface area (Å²) >= 11 is 0. The van der Waals surface area contributed by atoms with Crippen molar-refractivity contribution >= 4 is 29.0 Å². The molecular formula is C29H37N5O3. The van der Waals surface area contributed by atoms with Crippen molar-refractivity contribution in [2.45, 2.75) is 43.6 Å². The Hall–Kier alpha value is -3.39. The van der Waals surface area contributed by atoms with Crippen LogP contribution in [0.25, 0.3) is 10.9 Å². The molecule has 1 saturated heterocycles. The predicted molar refractivity (Wildman–Crippen MR) is 146 cm³/mol. The van der Waals surface area contributed by atoms with Gasteiger partial charge in [-0.25, -0.2) is 4.98 Å². The van der Waals surface area contributed by atoms with E-state index in [0.717, 1.165) is 56.5 Å². The van der Waals surface area contributed by atoms with E-state index in [9.17, 15) is 4.79 Å². The van der Waals surface area contributed by atoms with Gasteiger partial charge in [0.25, 0.3) is 0 Å². The standard InChI is InChI=1S/C29H37N5O3/c1-33(28-31-24-17-26(37-3)25(36-2)16-23(24)27(30)32-28)19-29(21-7-5-4-6-8-21)11-13-34(14-12-29)22(18-35)15-20-9-10-20/h4-8,16-18,20,22H,9-15,19H2,1-3H3,(H2,30,31,32). The van der Waals surface area contributed by atoms with Crippen LogP contribution < -0.4 is 20.1 Å². The molecule has 2 heterocycles. The molecule has 2 aromatic carbocycles. The van der Waals surface area contributed by atoms with Crippen molar-refractivity contribution < 1.29 is 14.3 Å². The van der Waals surface area contributed by atoms with E-state index < -0.39 is 0 Å². The van der Waals surface area contributed by atoms with E-state index in [1.54, 1.807) is 14.2 Å². The Labute approximate surface area is 218 Å². The van der Waals surface area contributed by atoms with Crippen LogP contribution >= 0.6 is 0 Å². The number of hydrogen-bond acceptors (Lipinski definition) is 8. The van der Waals surface area contributed by atoms with Crippen molar-refractivity contribution in [2.24, 2.45) is 5.92 Å². The summed E-state index contributed by atoms with van der Waals surface area (Å²) in [7, 11) is 5.23. The lowest BCUT2D eigenvalue weighted by Gasteiger charge is -2.45. The van der Waals surface area contributed by atoms with E-state index in [1.807, 2.05) is 19.2 Å². The minimum Gasteiger partial charge on any atom is -0.493 e. The van der Waals surface area contributed by atoms with E-state index in [2.05, 4.69) is 45.1 Å². The maximum atomic E-state index is 11.9. The van der Waals surface area contributed by atoms with Gasteiger partial charge in [0, 0.05) is 30.5 Å². The first-order chi connectivity index (χ1) is 18.0. The van der Waals surface area contributed by atoms with Gasteiger partial charge in [-0.3, -0.25) is 4.90 Å². The van der Waals surface area contributed by atoms with E-state index >= 15 is 0 Å². The molecule has 1 aliphatic carbocycles. The summed E-state index contributed by atoms with van der Waals surface area (Å²) in [6.45, 7) is 2.55. The van der Waals surface area contributed by atoms with E-state index in [1.165, 1.54) is 18.4 Å². The van der Waals surface area contributed by atoms with Crippen LogP contribution in [0.1, 0.15) is 37.7 Å². The average molecular weight is 504 g/mol. The average Bonchev–Trinajstić information content (AvgIpc) is 3.76. The van der Waals surface area contributed by atoms with Crippen LogP contribution in [0.4, 0.5) is 11.8 Å². The van der Waals surface area contributed by atoms with Crippen LogP contribution in [0.15, 0.2) is 42.5 Å². The number of likely N-dealkylation sites (tertiary alicyclic amines) is 1. The Morgan fingerprint density at radius 1 is 1.11 bits per heavy atom. The number of carbonyl (C=O) groups is 1. The summed E-state index contributed by atoms with van der Waals surface area (Å²) in [5.74, 6) is 2.92. The van der Waals surface area contributed by atoms with Gasteiger partial charge in [-0.15, -0.1) is 0 Å². The number of nitrogens with zero attached hydrogens (tertiary/aromatic N) is 4. The lowest BCUT2D eigenvalue weighted by Crippen LogP contribution is -2.51. The van der Waals surface area contributed by atoms with Gasteiger partial charge < -0.3 is 24.9 Å². The molecule has 1 unspecified atom stereocenters. The molecule has 0 radical (unpaired) electrons. The number of anilines is 2. The molecule has 3 aromatic rings. The predicted octanol–water partition coefficient (Wildman–Crippen LogP) is 4.07. The van der Waals surface area contributed by atoms with Crippen LogP contribution in [-0.4, -0.2) is 68.1 Å². The fourth-order valence-corrected chi connectivity index (χ4v) is 5.76. The lowest BCUT2D eigenvalue weighted by atomic mass is 9.72. The Kier molecular flexibility index (Phi) is 7.20. The van der Waals surface area contributed by atoms with Gasteiger partial charge in [0.05, 0.1) is 25.8 Å². The summed E-state index contributed by atoms with van der Waals surface area (Å²) < 4.78 is 10.9. The minimum absolute atomic E-state index is 0.0367. The molecule has 0 bridgehead atoms. The maximum Gasteiger partial charge on any atom is 0.227 e. The summed E-state index contributed by atoms with van der Waals surface area (Å²) in [5.41, 5.74) is 8.33. The third kappa shape index (κ3) is 5.21. The Morgan fingerprint density at radius 3 is 2.41 bits per heavy atom. The van der Waals surface area contributed by atoms with Crippen molar-refractivity contribution in [3.05, 3.63) is 48.0 Å². The topological polar surface area (TPSA) is 93.8 Å². The van der Waals surface area contributed by atoms with Gasteiger partial charge in [0.1, 0.15) is 12.1 Å². The largest absolute Gasteiger partial charge is 0.493 e. The van der Waals surface area contributed by atoms with E-state index in [0.29, 0.717) is 28.8 Å². The van der Waals surface area contributed by atoms with Gasteiger partial charge in [-0.1, -0.05) is 43.2 Å². The number of hydrogen-bond donors (Lipinski definition) is 1. The van der Waals surface area contributed by atoms with Crippen molar-refractivity contribution in [2.75, 3.05) is 51.5 Å². The third-order valence-corrected chi connectivity index (χ3v) is 8.14. The fourth-order valence-electron chi connectivity index (χ4n) is 5.76. The Balaban J connectivity index is 1.41. The van der Waals surface area contributed by atoms with Gasteiger partial charge >= 0.3 is 0 Å². The zero-order chi connectivity index (χ0) is 26.0. The number of nitrogen functional groups attached to an aromatic ring is 1. The molecule has 1 aromatic heterocycles. The highest BCUT2D eigenvalue weighted by molar-refractivity contribution is 5.91. The van der Waals surface area contributed by atoms with Crippen LogP contribution in [-0.2, 0) is 10.2 Å². The number of methoxy groups -OCH3 is 2. The van der Waals surface area contributed by atoms with Crippen LogP contribution in [0.5, 0.6) is 11.5 Å². The van der Waals surface area contributed by atoms with Crippen LogP contribution in [0.3, 0.4) is 0 Å². The number of rotatable bonds is 10. The molecule has 0 amide bonds. The van der Waals surface area contributed by atoms with Gasteiger partial charge in [0.15, 0.2) is 11.5 Å². The van der Waals surface area contributed by atoms with E-state index in [4.69, 9.17) is 20.2 Å². The van der Waals surface area contributed by atoms with Crippen molar-refractivity contribution in [3.63, 3.8) is 0 Å². The number of benzene rings is 2. The van der Waals surface area contributed by atoms with Crippen molar-refractivity contribution in [1.82, 2.24) is 14.9 Å². The summed E-state index contributed by atoms with van der Waals surface area (Å²) in [6, 6.07) is 14.4. The molecule has 1 saturated carbocycles. The van der Waals surface area contributed by atoms with Gasteiger partial charge in [-0.05, 0) is 49.9 Å². The summed E-state index contributed by atoms with van der Waals surface area (Å²) in [4.78, 5) is 25.9. The molecule has 8 nitrogen and oxygen atoms in total. The number of carbonyl (C=O) groups excluding carboxylic acids is 1.